The zero-order valence-electron chi connectivity index (χ0n) is 11.4. The molecule has 0 radical (unpaired) electrons. The molecule has 1 rings (SSSR count). The van der Waals surface area contributed by atoms with Crippen LogP contribution in [0.2, 0.25) is 0 Å². The van der Waals surface area contributed by atoms with Gasteiger partial charge in [0.05, 0.1) is 17.0 Å². The third kappa shape index (κ3) is 6.42. The molecular weight excluding hydrogens is 258 g/mol. The van der Waals surface area contributed by atoms with Crippen LogP contribution >= 0.6 is 11.3 Å². The van der Waals surface area contributed by atoms with Gasteiger partial charge in [-0.25, -0.2) is 0 Å². The minimum Gasteiger partial charge on any atom is -0.395 e. The highest BCUT2D eigenvalue weighted by atomic mass is 32.1. The van der Waals surface area contributed by atoms with Crippen molar-refractivity contribution in [3.05, 3.63) is 21.9 Å². The number of aliphatic hydroxyl groups excluding tert-OH is 1. The van der Waals surface area contributed by atoms with E-state index in [0.717, 1.165) is 24.3 Å². The first-order chi connectivity index (χ1) is 9.27. The summed E-state index contributed by atoms with van der Waals surface area (Å²) in [5, 5.41) is 13.4. The molecule has 0 aliphatic heterocycles. The maximum absolute atomic E-state index is 11.8. The van der Waals surface area contributed by atoms with Crippen molar-refractivity contribution >= 4 is 17.2 Å². The van der Waals surface area contributed by atoms with Crippen LogP contribution in [0.3, 0.4) is 0 Å². The van der Waals surface area contributed by atoms with Gasteiger partial charge in [-0.15, -0.1) is 11.3 Å². The van der Waals surface area contributed by atoms with Crippen LogP contribution in [-0.2, 0) is 0 Å². The number of thiophene rings is 1. The third-order valence-electron chi connectivity index (χ3n) is 2.63. The van der Waals surface area contributed by atoms with Crippen LogP contribution in [0.1, 0.15) is 54.3 Å². The quantitative estimate of drug-likeness (QED) is 0.595. The summed E-state index contributed by atoms with van der Waals surface area (Å²) in [6, 6.07) is 1.80. The molecular formula is C15H21NO2S. The van der Waals surface area contributed by atoms with Gasteiger partial charge in [-0.3, -0.25) is 4.79 Å². The molecule has 0 saturated heterocycles. The minimum atomic E-state index is -0.0250. The van der Waals surface area contributed by atoms with E-state index in [1.165, 1.54) is 24.2 Å². The van der Waals surface area contributed by atoms with Gasteiger partial charge in [-0.1, -0.05) is 38.0 Å². The predicted molar refractivity (Wildman–Crippen MR) is 79.4 cm³/mol. The molecule has 3 nitrogen and oxygen atoms in total. The molecule has 1 amide bonds. The van der Waals surface area contributed by atoms with Crippen molar-refractivity contribution in [3.8, 4) is 11.8 Å². The van der Waals surface area contributed by atoms with Gasteiger partial charge in [0.15, 0.2) is 0 Å². The first-order valence-corrected chi connectivity index (χ1v) is 7.62. The van der Waals surface area contributed by atoms with Crippen LogP contribution in [0.15, 0.2) is 11.4 Å². The van der Waals surface area contributed by atoms with E-state index in [9.17, 15) is 4.79 Å². The van der Waals surface area contributed by atoms with Gasteiger partial charge in [0.25, 0.3) is 5.91 Å². The summed E-state index contributed by atoms with van der Waals surface area (Å²) in [5.74, 6) is 5.76. The Morgan fingerprint density at radius 3 is 3.00 bits per heavy atom. The number of aliphatic hydroxyl groups is 1. The lowest BCUT2D eigenvalue weighted by Gasteiger charge is -2.02. The van der Waals surface area contributed by atoms with E-state index in [2.05, 4.69) is 24.1 Å². The molecule has 2 N–H and O–H groups in total. The van der Waals surface area contributed by atoms with Gasteiger partial charge in [0, 0.05) is 18.3 Å². The molecule has 0 bridgehead atoms. The van der Waals surface area contributed by atoms with E-state index in [1.54, 1.807) is 6.07 Å². The highest BCUT2D eigenvalue weighted by Crippen LogP contribution is 2.13. The molecule has 0 aliphatic rings. The number of amides is 1. The maximum atomic E-state index is 11.8. The summed E-state index contributed by atoms with van der Waals surface area (Å²) in [6.45, 7) is 2.98. The second-order valence-electron chi connectivity index (χ2n) is 4.29. The largest absolute Gasteiger partial charge is 0.395 e. The Kier molecular flexibility index (Phi) is 7.95. The lowest BCUT2D eigenvalue weighted by atomic mass is 10.2. The second kappa shape index (κ2) is 9.60. The van der Waals surface area contributed by atoms with Crippen LogP contribution in [0, 0.1) is 11.8 Å². The number of nitrogens with one attached hydrogen (secondary N) is 1. The Hall–Kier alpha value is -1.31. The molecule has 0 unspecified atom stereocenters. The van der Waals surface area contributed by atoms with Crippen molar-refractivity contribution in [1.29, 1.82) is 0 Å². The normalized spacial score (nSPS) is 9.79. The standard InChI is InChI=1S/C15H21NO2S/c1-2-3-4-6-9-16-15(18)13-11-14(19-12-13)8-5-7-10-17/h11-12,17H,2-4,6-7,9-10H2,1H3,(H,16,18). The average molecular weight is 279 g/mol. The summed E-state index contributed by atoms with van der Waals surface area (Å²) >= 11 is 1.46. The lowest BCUT2D eigenvalue weighted by molar-refractivity contribution is 0.0953. The van der Waals surface area contributed by atoms with E-state index in [4.69, 9.17) is 5.11 Å². The summed E-state index contributed by atoms with van der Waals surface area (Å²) in [5.41, 5.74) is 0.675. The van der Waals surface area contributed by atoms with Gasteiger partial charge >= 0.3 is 0 Å². The minimum absolute atomic E-state index is 0.0250. The zero-order valence-corrected chi connectivity index (χ0v) is 12.2. The van der Waals surface area contributed by atoms with E-state index < -0.39 is 0 Å². The molecule has 0 aliphatic carbocycles. The molecule has 19 heavy (non-hydrogen) atoms. The van der Waals surface area contributed by atoms with Crippen molar-refractivity contribution in [3.63, 3.8) is 0 Å². The van der Waals surface area contributed by atoms with Gasteiger partial charge in [0.2, 0.25) is 0 Å². The lowest BCUT2D eigenvalue weighted by Crippen LogP contribution is -2.23. The van der Waals surface area contributed by atoms with Crippen LogP contribution < -0.4 is 5.32 Å². The van der Waals surface area contributed by atoms with E-state index in [1.807, 2.05) is 5.38 Å². The van der Waals surface area contributed by atoms with Crippen LogP contribution in [-0.4, -0.2) is 24.2 Å². The SMILES string of the molecule is CCCCCCNC(=O)c1csc(C#CCCO)c1. The van der Waals surface area contributed by atoms with Gasteiger partial charge < -0.3 is 10.4 Å². The Bertz CT molecular complexity index is 442. The van der Waals surface area contributed by atoms with E-state index in [0.29, 0.717) is 12.0 Å². The van der Waals surface area contributed by atoms with Crippen molar-refractivity contribution in [2.75, 3.05) is 13.2 Å². The van der Waals surface area contributed by atoms with E-state index in [-0.39, 0.29) is 12.5 Å². The number of carbonyl (C=O) groups is 1. The molecule has 0 aromatic carbocycles. The molecule has 0 saturated carbocycles. The summed E-state index contributed by atoms with van der Waals surface area (Å²) in [4.78, 5) is 12.7. The molecule has 4 heteroatoms. The molecule has 1 aromatic heterocycles. The second-order valence-corrected chi connectivity index (χ2v) is 5.20. The van der Waals surface area contributed by atoms with Crippen LogP contribution in [0.4, 0.5) is 0 Å². The Balaban J connectivity index is 2.35. The molecule has 0 spiro atoms. The third-order valence-corrected chi connectivity index (χ3v) is 3.47. The fourth-order valence-corrected chi connectivity index (χ4v) is 2.34. The molecule has 0 atom stereocenters. The average Bonchev–Trinajstić information content (AvgIpc) is 2.87. The fourth-order valence-electron chi connectivity index (χ4n) is 1.58. The number of unbranched alkanes of at least 4 members (excludes halogenated alkanes) is 3. The van der Waals surface area contributed by atoms with Crippen molar-refractivity contribution in [1.82, 2.24) is 5.32 Å². The fraction of sp³-hybridized carbons (Fsp3) is 0.533. The zero-order chi connectivity index (χ0) is 13.9. The Morgan fingerprint density at radius 2 is 2.26 bits per heavy atom. The van der Waals surface area contributed by atoms with Gasteiger partial charge in [-0.05, 0) is 12.5 Å². The highest BCUT2D eigenvalue weighted by molar-refractivity contribution is 7.10. The van der Waals surface area contributed by atoms with Crippen LogP contribution in [0.5, 0.6) is 0 Å². The summed E-state index contributed by atoms with van der Waals surface area (Å²) in [7, 11) is 0. The van der Waals surface area contributed by atoms with Crippen molar-refractivity contribution < 1.29 is 9.90 Å². The Labute approximate surface area is 119 Å². The first kappa shape index (κ1) is 15.7. The first-order valence-electron chi connectivity index (χ1n) is 6.74. The predicted octanol–water partition coefficient (Wildman–Crippen LogP) is 2.79. The van der Waals surface area contributed by atoms with Gasteiger partial charge in [-0.2, -0.15) is 0 Å². The highest BCUT2D eigenvalue weighted by Gasteiger charge is 2.06. The maximum Gasteiger partial charge on any atom is 0.252 e. The number of hydrogen-bond acceptors (Lipinski definition) is 3. The number of hydrogen-bond donors (Lipinski definition) is 2. The van der Waals surface area contributed by atoms with Crippen molar-refractivity contribution in [2.45, 2.75) is 39.0 Å². The monoisotopic (exact) mass is 279 g/mol. The summed E-state index contributed by atoms with van der Waals surface area (Å²) < 4.78 is 0. The van der Waals surface area contributed by atoms with Gasteiger partial charge in [0.1, 0.15) is 0 Å². The van der Waals surface area contributed by atoms with Crippen LogP contribution in [0.25, 0.3) is 0 Å². The van der Waals surface area contributed by atoms with Crippen molar-refractivity contribution in [2.24, 2.45) is 0 Å². The Morgan fingerprint density at radius 1 is 1.42 bits per heavy atom. The number of carbonyl (C=O) groups excluding carboxylic acids is 1. The summed E-state index contributed by atoms with van der Waals surface area (Å²) in [6.07, 6.45) is 5.09. The smallest absolute Gasteiger partial charge is 0.252 e. The topological polar surface area (TPSA) is 49.3 Å². The molecule has 1 aromatic rings. The van der Waals surface area contributed by atoms with E-state index >= 15 is 0 Å². The molecule has 104 valence electrons. The molecule has 0 fully saturated rings. The number of rotatable bonds is 7. The molecule has 1 heterocycles.